The number of hydrogen-bond donors (Lipinski definition) is 0. The number of nitrogens with zero attached hydrogens (tertiary/aromatic N) is 1. The molecule has 0 spiro atoms. The Labute approximate surface area is 160 Å². The Bertz CT molecular complexity index is 906. The first-order valence-corrected chi connectivity index (χ1v) is 11.0. The first-order valence-electron chi connectivity index (χ1n) is 9.15. The Morgan fingerprint density at radius 3 is 2.44 bits per heavy atom. The summed E-state index contributed by atoms with van der Waals surface area (Å²) in [6.45, 7) is 2.48. The van der Waals surface area contributed by atoms with E-state index in [9.17, 15) is 13.2 Å². The van der Waals surface area contributed by atoms with Gasteiger partial charge in [-0.15, -0.1) is 0 Å². The predicted molar refractivity (Wildman–Crippen MR) is 106 cm³/mol. The molecular formula is C21H25NO4S. The maximum Gasteiger partial charge on any atom is 0.254 e. The van der Waals surface area contributed by atoms with Crippen LogP contribution < -0.4 is 4.74 Å². The number of carbonyl (C=O) groups is 1. The molecule has 1 saturated heterocycles. The number of ether oxygens (including phenoxy) is 1. The van der Waals surface area contributed by atoms with E-state index in [0.29, 0.717) is 24.3 Å². The van der Waals surface area contributed by atoms with Gasteiger partial charge in [-0.05, 0) is 42.2 Å². The van der Waals surface area contributed by atoms with Gasteiger partial charge in [-0.1, -0.05) is 37.3 Å². The van der Waals surface area contributed by atoms with E-state index >= 15 is 0 Å². The summed E-state index contributed by atoms with van der Waals surface area (Å²) in [6.07, 6.45) is 1.43. The van der Waals surface area contributed by atoms with E-state index in [2.05, 4.69) is 19.1 Å². The number of carbonyl (C=O) groups excluding carboxylic acids is 1. The van der Waals surface area contributed by atoms with Crippen molar-refractivity contribution < 1.29 is 17.9 Å². The second kappa shape index (κ2) is 8.13. The second-order valence-corrected chi connectivity index (χ2v) is 9.12. The lowest BCUT2D eigenvalue weighted by Gasteiger charge is -2.29. The third kappa shape index (κ3) is 4.69. The summed E-state index contributed by atoms with van der Waals surface area (Å²) in [6, 6.07) is 14.8. The molecule has 0 bridgehead atoms. The van der Waals surface area contributed by atoms with E-state index in [1.807, 2.05) is 12.1 Å². The van der Waals surface area contributed by atoms with Gasteiger partial charge in [-0.25, -0.2) is 8.42 Å². The Balaban J connectivity index is 1.89. The van der Waals surface area contributed by atoms with Crippen LogP contribution in [0.3, 0.4) is 0 Å². The number of amides is 1. The van der Waals surface area contributed by atoms with Crippen molar-refractivity contribution in [3.05, 3.63) is 65.2 Å². The summed E-state index contributed by atoms with van der Waals surface area (Å²) in [5.74, 6) is 0.590. The third-order valence-corrected chi connectivity index (χ3v) is 6.76. The fourth-order valence-corrected chi connectivity index (χ4v) is 5.12. The van der Waals surface area contributed by atoms with Crippen LogP contribution in [0.5, 0.6) is 5.75 Å². The highest BCUT2D eigenvalue weighted by molar-refractivity contribution is 7.91. The average Bonchev–Trinajstić information content (AvgIpc) is 3.05. The van der Waals surface area contributed by atoms with Gasteiger partial charge in [0.15, 0.2) is 9.84 Å². The zero-order valence-electron chi connectivity index (χ0n) is 15.7. The van der Waals surface area contributed by atoms with Crippen molar-refractivity contribution >= 4 is 15.7 Å². The molecule has 1 amide bonds. The number of benzene rings is 2. The fraction of sp³-hybridized carbons (Fsp3) is 0.381. The summed E-state index contributed by atoms with van der Waals surface area (Å²) < 4.78 is 29.2. The molecule has 5 nitrogen and oxygen atoms in total. The van der Waals surface area contributed by atoms with Crippen LogP contribution in [0, 0.1) is 0 Å². The van der Waals surface area contributed by atoms with Gasteiger partial charge in [-0.2, -0.15) is 0 Å². The topological polar surface area (TPSA) is 63.7 Å². The molecule has 0 radical (unpaired) electrons. The van der Waals surface area contributed by atoms with Gasteiger partial charge in [-0.3, -0.25) is 4.79 Å². The summed E-state index contributed by atoms with van der Waals surface area (Å²) in [7, 11) is -1.53. The molecule has 27 heavy (non-hydrogen) atoms. The van der Waals surface area contributed by atoms with Gasteiger partial charge in [0, 0.05) is 18.2 Å². The second-order valence-electron chi connectivity index (χ2n) is 6.89. The van der Waals surface area contributed by atoms with Crippen LogP contribution in [0.4, 0.5) is 0 Å². The van der Waals surface area contributed by atoms with Gasteiger partial charge in [0.05, 0.1) is 18.6 Å². The van der Waals surface area contributed by atoms with Crippen molar-refractivity contribution in [1.82, 2.24) is 4.90 Å². The molecule has 0 unspecified atom stereocenters. The summed E-state index contributed by atoms with van der Waals surface area (Å²) in [5, 5.41) is 0. The summed E-state index contributed by atoms with van der Waals surface area (Å²) in [5.41, 5.74) is 2.73. The van der Waals surface area contributed by atoms with E-state index in [1.54, 1.807) is 36.3 Å². The standard InChI is InChI=1S/C21H25NO4S/c1-3-16-7-9-17(10-8-16)14-22(19-11-12-27(24,25)15-19)21(23)18-5-4-6-20(13-18)26-2/h4-10,13,19H,3,11-12,14-15H2,1-2H3/t19-/m0/s1. The van der Waals surface area contributed by atoms with Crippen molar-refractivity contribution in [1.29, 1.82) is 0 Å². The molecule has 144 valence electrons. The largest absolute Gasteiger partial charge is 0.497 e. The fourth-order valence-electron chi connectivity index (χ4n) is 3.39. The first kappa shape index (κ1) is 19.4. The normalized spacial score (nSPS) is 18.2. The molecule has 0 aliphatic carbocycles. The lowest BCUT2D eigenvalue weighted by Crippen LogP contribution is -2.40. The molecule has 0 aromatic heterocycles. The van der Waals surface area contributed by atoms with Crippen LogP contribution in [0.15, 0.2) is 48.5 Å². The molecular weight excluding hydrogens is 362 g/mol. The molecule has 3 rings (SSSR count). The highest BCUT2D eigenvalue weighted by atomic mass is 32.2. The Morgan fingerprint density at radius 1 is 1.15 bits per heavy atom. The average molecular weight is 388 g/mol. The van der Waals surface area contributed by atoms with Gasteiger partial charge in [0.2, 0.25) is 0 Å². The zero-order chi connectivity index (χ0) is 19.4. The van der Waals surface area contributed by atoms with Crippen molar-refractivity contribution in [2.24, 2.45) is 0 Å². The molecule has 6 heteroatoms. The van der Waals surface area contributed by atoms with Gasteiger partial charge < -0.3 is 9.64 Å². The molecule has 1 heterocycles. The van der Waals surface area contributed by atoms with E-state index in [-0.39, 0.29) is 23.5 Å². The Kier molecular flexibility index (Phi) is 5.85. The van der Waals surface area contributed by atoms with Crippen LogP contribution >= 0.6 is 0 Å². The van der Waals surface area contributed by atoms with E-state index in [4.69, 9.17) is 4.74 Å². The van der Waals surface area contributed by atoms with Crippen LogP contribution in [-0.4, -0.2) is 43.9 Å². The molecule has 0 N–H and O–H groups in total. The number of aryl methyl sites for hydroxylation is 1. The van der Waals surface area contributed by atoms with Gasteiger partial charge >= 0.3 is 0 Å². The quantitative estimate of drug-likeness (QED) is 0.764. The number of hydrogen-bond acceptors (Lipinski definition) is 4. The highest BCUT2D eigenvalue weighted by Crippen LogP contribution is 2.24. The minimum Gasteiger partial charge on any atom is -0.497 e. The SMILES string of the molecule is CCc1ccc(CN(C(=O)c2cccc(OC)c2)[C@H]2CCS(=O)(=O)C2)cc1. The zero-order valence-corrected chi connectivity index (χ0v) is 16.5. The van der Waals surface area contributed by atoms with Crippen LogP contribution in [0.1, 0.15) is 34.8 Å². The maximum absolute atomic E-state index is 13.2. The lowest BCUT2D eigenvalue weighted by molar-refractivity contribution is 0.0680. The number of rotatable bonds is 6. The van der Waals surface area contributed by atoms with E-state index < -0.39 is 9.84 Å². The van der Waals surface area contributed by atoms with Crippen LogP contribution in [0.25, 0.3) is 0 Å². The lowest BCUT2D eigenvalue weighted by atomic mass is 10.1. The van der Waals surface area contributed by atoms with Crippen molar-refractivity contribution in [3.63, 3.8) is 0 Å². The molecule has 2 aromatic carbocycles. The molecule has 2 aromatic rings. The summed E-state index contributed by atoms with van der Waals surface area (Å²) in [4.78, 5) is 14.9. The molecule has 1 atom stereocenters. The van der Waals surface area contributed by atoms with Crippen LogP contribution in [-0.2, 0) is 22.8 Å². The molecule has 1 aliphatic rings. The van der Waals surface area contributed by atoms with Crippen LogP contribution in [0.2, 0.25) is 0 Å². The van der Waals surface area contributed by atoms with Gasteiger partial charge in [0.1, 0.15) is 5.75 Å². The molecule has 1 fully saturated rings. The summed E-state index contributed by atoms with van der Waals surface area (Å²) >= 11 is 0. The predicted octanol–water partition coefficient (Wildman–Crippen LogP) is 3.09. The number of methoxy groups -OCH3 is 1. The Morgan fingerprint density at radius 2 is 1.85 bits per heavy atom. The molecule has 1 aliphatic heterocycles. The maximum atomic E-state index is 13.2. The smallest absolute Gasteiger partial charge is 0.254 e. The monoisotopic (exact) mass is 387 g/mol. The van der Waals surface area contributed by atoms with E-state index in [1.165, 1.54) is 5.56 Å². The van der Waals surface area contributed by atoms with Crippen molar-refractivity contribution in [2.45, 2.75) is 32.4 Å². The first-order chi connectivity index (χ1) is 12.9. The minimum absolute atomic E-state index is 0.0236. The highest BCUT2D eigenvalue weighted by Gasteiger charge is 2.35. The van der Waals surface area contributed by atoms with Crippen molar-refractivity contribution in [3.8, 4) is 5.75 Å². The van der Waals surface area contributed by atoms with E-state index in [0.717, 1.165) is 12.0 Å². The molecule has 0 saturated carbocycles. The van der Waals surface area contributed by atoms with Crippen molar-refractivity contribution in [2.75, 3.05) is 18.6 Å². The third-order valence-electron chi connectivity index (χ3n) is 5.01. The number of sulfone groups is 1. The van der Waals surface area contributed by atoms with Gasteiger partial charge in [0.25, 0.3) is 5.91 Å². The Hall–Kier alpha value is -2.34. The minimum atomic E-state index is -3.09.